The first-order valence-electron chi connectivity index (χ1n) is 11.9. The highest BCUT2D eigenvalue weighted by molar-refractivity contribution is 5.94. The Hall–Kier alpha value is -3.55. The van der Waals surface area contributed by atoms with E-state index in [1.165, 1.54) is 5.56 Å². The minimum absolute atomic E-state index is 0.0533. The second-order valence-corrected chi connectivity index (χ2v) is 9.69. The minimum Gasteiger partial charge on any atom is -0.493 e. The lowest BCUT2D eigenvalue weighted by atomic mass is 9.88. The van der Waals surface area contributed by atoms with E-state index < -0.39 is 17.7 Å². The number of hydrogen-bond acceptors (Lipinski definition) is 5. The number of rotatable bonds is 8. The second kappa shape index (κ2) is 11.7. The van der Waals surface area contributed by atoms with E-state index in [9.17, 15) is 14.4 Å². The Morgan fingerprint density at radius 2 is 1.77 bits per heavy atom. The van der Waals surface area contributed by atoms with Gasteiger partial charge < -0.3 is 24.8 Å². The Labute approximate surface area is 206 Å². The summed E-state index contributed by atoms with van der Waals surface area (Å²) in [5.74, 6) is -0.151. The molecule has 0 bridgehead atoms. The number of nitrogens with one attached hydrogen (secondary N) is 1. The summed E-state index contributed by atoms with van der Waals surface area (Å²) in [5, 5.41) is 11.5. The average Bonchev–Trinajstić information content (AvgIpc) is 2.81. The number of carboxylic acids is 1. The van der Waals surface area contributed by atoms with Crippen LogP contribution >= 0.6 is 0 Å². The Morgan fingerprint density at radius 1 is 1.06 bits per heavy atom. The third-order valence-electron chi connectivity index (χ3n) is 5.71. The first-order valence-corrected chi connectivity index (χ1v) is 11.9. The molecule has 0 radical (unpaired) electrons. The molecule has 2 aromatic rings. The number of carboxylic acid groups (broad SMARTS) is 1. The molecule has 1 saturated heterocycles. The molecule has 8 nitrogen and oxygen atoms in total. The van der Waals surface area contributed by atoms with Gasteiger partial charge in [-0.3, -0.25) is 9.59 Å². The molecule has 0 aromatic heterocycles. The summed E-state index contributed by atoms with van der Waals surface area (Å²) in [7, 11) is 0. The van der Waals surface area contributed by atoms with Crippen LogP contribution in [-0.4, -0.2) is 53.3 Å². The van der Waals surface area contributed by atoms with Crippen molar-refractivity contribution in [2.75, 3.05) is 19.7 Å². The monoisotopic (exact) mass is 482 g/mol. The highest BCUT2D eigenvalue weighted by atomic mass is 16.6. The van der Waals surface area contributed by atoms with Crippen molar-refractivity contribution >= 4 is 18.0 Å². The second-order valence-electron chi connectivity index (χ2n) is 9.69. The van der Waals surface area contributed by atoms with Crippen LogP contribution in [0, 0.1) is 0 Å². The van der Waals surface area contributed by atoms with Gasteiger partial charge in [-0.15, -0.1) is 0 Å². The number of ether oxygens (including phenoxy) is 2. The highest BCUT2D eigenvalue weighted by Crippen LogP contribution is 2.29. The zero-order valence-corrected chi connectivity index (χ0v) is 20.6. The van der Waals surface area contributed by atoms with Gasteiger partial charge in [-0.05, 0) is 68.9 Å². The SMILES string of the molecule is CC(C)(C)OC(=O)NCc1cccc(C2CCN(C(=O)c3cccc(OCCC(=O)O)c3)CC2)c1. The molecule has 0 saturated carbocycles. The molecular weight excluding hydrogens is 448 g/mol. The summed E-state index contributed by atoms with van der Waals surface area (Å²) >= 11 is 0. The number of hydrogen-bond donors (Lipinski definition) is 2. The predicted molar refractivity (Wildman–Crippen MR) is 132 cm³/mol. The molecule has 3 rings (SSSR count). The number of carbonyl (C=O) groups is 3. The maximum absolute atomic E-state index is 13.0. The number of alkyl carbamates (subject to hydrolysis) is 1. The van der Waals surface area contributed by atoms with Crippen LogP contribution < -0.4 is 10.1 Å². The summed E-state index contributed by atoms with van der Waals surface area (Å²) < 4.78 is 10.7. The number of amides is 2. The van der Waals surface area contributed by atoms with Crippen molar-refractivity contribution in [1.82, 2.24) is 10.2 Å². The van der Waals surface area contributed by atoms with Gasteiger partial charge in [0.1, 0.15) is 11.4 Å². The smallest absolute Gasteiger partial charge is 0.407 e. The summed E-state index contributed by atoms with van der Waals surface area (Å²) in [6, 6.07) is 15.0. The molecule has 0 aliphatic carbocycles. The highest BCUT2D eigenvalue weighted by Gasteiger charge is 2.25. The molecule has 8 heteroatoms. The van der Waals surface area contributed by atoms with Crippen LogP contribution in [0.2, 0.25) is 0 Å². The van der Waals surface area contributed by atoms with Crippen LogP contribution in [0.25, 0.3) is 0 Å². The van der Waals surface area contributed by atoms with Crippen LogP contribution in [0.3, 0.4) is 0 Å². The van der Waals surface area contributed by atoms with Crippen molar-refractivity contribution < 1.29 is 29.0 Å². The van der Waals surface area contributed by atoms with Gasteiger partial charge >= 0.3 is 12.1 Å². The molecule has 35 heavy (non-hydrogen) atoms. The van der Waals surface area contributed by atoms with Crippen LogP contribution in [0.5, 0.6) is 5.75 Å². The van der Waals surface area contributed by atoms with Crippen LogP contribution in [0.4, 0.5) is 4.79 Å². The van der Waals surface area contributed by atoms with Crippen molar-refractivity contribution in [3.8, 4) is 5.75 Å². The third kappa shape index (κ3) is 8.31. The topological polar surface area (TPSA) is 105 Å². The number of benzene rings is 2. The standard InChI is InChI=1S/C27H34N2O6/c1-27(2,3)35-26(33)28-18-19-6-4-7-21(16-19)20-10-13-29(14-11-20)25(32)22-8-5-9-23(17-22)34-15-12-24(30)31/h4-9,16-17,20H,10-15,18H2,1-3H3,(H,28,33)(H,30,31). The van der Waals surface area contributed by atoms with Crippen molar-refractivity contribution in [1.29, 1.82) is 0 Å². The largest absolute Gasteiger partial charge is 0.493 e. The van der Waals surface area contributed by atoms with Crippen LogP contribution in [0.1, 0.15) is 67.4 Å². The molecule has 2 aromatic carbocycles. The Balaban J connectivity index is 1.52. The van der Waals surface area contributed by atoms with Gasteiger partial charge in [0.05, 0.1) is 13.0 Å². The molecule has 0 unspecified atom stereocenters. The molecule has 2 amide bonds. The molecule has 0 atom stereocenters. The van der Waals surface area contributed by atoms with Gasteiger partial charge in [0.2, 0.25) is 0 Å². The first kappa shape index (κ1) is 26.1. The van der Waals surface area contributed by atoms with Gasteiger partial charge in [0.15, 0.2) is 0 Å². The van der Waals surface area contributed by atoms with E-state index in [1.54, 1.807) is 24.3 Å². The first-order chi connectivity index (χ1) is 16.6. The Bertz CT molecular complexity index is 1040. The van der Waals surface area contributed by atoms with E-state index >= 15 is 0 Å². The fourth-order valence-electron chi connectivity index (χ4n) is 4.02. The Kier molecular flexibility index (Phi) is 8.73. The van der Waals surface area contributed by atoms with Gasteiger partial charge in [-0.1, -0.05) is 30.3 Å². The molecule has 1 fully saturated rings. The van der Waals surface area contributed by atoms with E-state index in [2.05, 4.69) is 17.4 Å². The molecule has 188 valence electrons. The summed E-state index contributed by atoms with van der Waals surface area (Å²) in [6.45, 7) is 7.24. The average molecular weight is 483 g/mol. The van der Waals surface area contributed by atoms with Crippen molar-refractivity contribution in [3.63, 3.8) is 0 Å². The number of aliphatic carboxylic acids is 1. The van der Waals surface area contributed by atoms with E-state index in [0.717, 1.165) is 18.4 Å². The zero-order valence-electron chi connectivity index (χ0n) is 20.6. The Morgan fingerprint density at radius 3 is 2.46 bits per heavy atom. The number of nitrogens with zero attached hydrogens (tertiary/aromatic N) is 1. The van der Waals surface area contributed by atoms with Gasteiger partial charge in [0, 0.05) is 25.2 Å². The van der Waals surface area contributed by atoms with Gasteiger partial charge in [-0.25, -0.2) is 4.79 Å². The lowest BCUT2D eigenvalue weighted by Gasteiger charge is -2.32. The summed E-state index contributed by atoms with van der Waals surface area (Å²) in [6.07, 6.45) is 1.17. The van der Waals surface area contributed by atoms with Crippen LogP contribution in [-0.2, 0) is 16.1 Å². The quantitative estimate of drug-likeness (QED) is 0.570. The van der Waals surface area contributed by atoms with Crippen LogP contribution in [0.15, 0.2) is 48.5 Å². The van der Waals surface area contributed by atoms with Crippen molar-refractivity contribution in [2.24, 2.45) is 0 Å². The van der Waals surface area contributed by atoms with Gasteiger partial charge in [0.25, 0.3) is 5.91 Å². The lowest BCUT2D eigenvalue weighted by Crippen LogP contribution is -2.38. The summed E-state index contributed by atoms with van der Waals surface area (Å²) in [5.41, 5.74) is 2.21. The van der Waals surface area contributed by atoms with Crippen molar-refractivity contribution in [2.45, 2.75) is 58.1 Å². The molecular formula is C27H34N2O6. The maximum Gasteiger partial charge on any atom is 0.407 e. The maximum atomic E-state index is 13.0. The molecule has 0 spiro atoms. The van der Waals surface area contributed by atoms with E-state index in [-0.39, 0.29) is 18.9 Å². The van der Waals surface area contributed by atoms with E-state index in [0.29, 0.717) is 36.9 Å². The normalized spacial score (nSPS) is 14.3. The molecule has 1 aliphatic heterocycles. The lowest BCUT2D eigenvalue weighted by molar-refractivity contribution is -0.137. The van der Waals surface area contributed by atoms with Gasteiger partial charge in [-0.2, -0.15) is 0 Å². The minimum atomic E-state index is -0.926. The fourth-order valence-corrected chi connectivity index (χ4v) is 4.02. The summed E-state index contributed by atoms with van der Waals surface area (Å²) in [4.78, 5) is 37.4. The molecule has 2 N–H and O–H groups in total. The number of piperidine rings is 1. The molecule has 1 aliphatic rings. The number of likely N-dealkylation sites (tertiary alicyclic amines) is 1. The fraction of sp³-hybridized carbons (Fsp3) is 0.444. The van der Waals surface area contributed by atoms with E-state index in [4.69, 9.17) is 14.6 Å². The predicted octanol–water partition coefficient (Wildman–Crippen LogP) is 4.58. The molecule has 1 heterocycles. The van der Waals surface area contributed by atoms with E-state index in [1.807, 2.05) is 37.8 Å². The third-order valence-corrected chi connectivity index (χ3v) is 5.71. The number of carbonyl (C=O) groups excluding carboxylic acids is 2. The van der Waals surface area contributed by atoms with Crippen molar-refractivity contribution in [3.05, 3.63) is 65.2 Å². The zero-order chi connectivity index (χ0) is 25.4.